The number of rotatable bonds is 7. The van der Waals surface area contributed by atoms with Crippen LogP contribution >= 0.6 is 11.3 Å². The molecule has 1 aromatic carbocycles. The molecule has 3 aromatic heterocycles. The highest BCUT2D eigenvalue weighted by molar-refractivity contribution is 7.10. The van der Waals surface area contributed by atoms with E-state index in [9.17, 15) is 10.1 Å². The molecule has 9 nitrogen and oxygen atoms in total. The van der Waals surface area contributed by atoms with Crippen LogP contribution in [0.2, 0.25) is 0 Å². The second-order valence-electron chi connectivity index (χ2n) is 9.88. The second kappa shape index (κ2) is 10.4. The summed E-state index contributed by atoms with van der Waals surface area (Å²) in [6.07, 6.45) is 8.26. The molecule has 0 spiro atoms. The maximum absolute atomic E-state index is 13.3. The van der Waals surface area contributed by atoms with Crippen molar-refractivity contribution in [3.05, 3.63) is 74.6 Å². The van der Waals surface area contributed by atoms with Gasteiger partial charge in [-0.15, -0.1) is 11.3 Å². The van der Waals surface area contributed by atoms with Gasteiger partial charge in [-0.25, -0.2) is 9.97 Å². The fourth-order valence-corrected chi connectivity index (χ4v) is 6.06. The van der Waals surface area contributed by atoms with Gasteiger partial charge in [0.05, 0.1) is 22.6 Å². The maximum Gasteiger partial charge on any atom is 0.270 e. The first-order chi connectivity index (χ1) is 18.6. The number of likely N-dealkylation sites (N-methyl/N-ethyl adjacent to an activating group) is 1. The molecule has 1 saturated heterocycles. The highest BCUT2D eigenvalue weighted by Gasteiger charge is 2.20. The Bertz CT molecular complexity index is 1610. The number of hydrogen-bond donors (Lipinski definition) is 2. The highest BCUT2D eigenvalue weighted by Crippen LogP contribution is 2.33. The molecule has 4 aromatic rings. The quantitative estimate of drug-likeness (QED) is 0.361. The van der Waals surface area contributed by atoms with Gasteiger partial charge in [0.25, 0.3) is 5.56 Å². The fraction of sp³-hybridized carbons (Fsp3) is 0.321. The number of aromatic nitrogens is 4. The lowest BCUT2D eigenvalue weighted by molar-refractivity contribution is 0.414. The largest absolute Gasteiger partial charge is 0.381 e. The van der Waals surface area contributed by atoms with Crippen LogP contribution in [-0.4, -0.2) is 50.6 Å². The Kier molecular flexibility index (Phi) is 6.62. The Hall–Kier alpha value is -4.07. The summed E-state index contributed by atoms with van der Waals surface area (Å²) in [7, 11) is 2.14. The van der Waals surface area contributed by atoms with E-state index in [1.165, 1.54) is 5.57 Å². The average molecular weight is 525 g/mol. The summed E-state index contributed by atoms with van der Waals surface area (Å²) < 4.78 is 1.54. The summed E-state index contributed by atoms with van der Waals surface area (Å²) in [5, 5.41) is 17.0. The topological polar surface area (TPSA) is 112 Å². The molecule has 0 radical (unpaired) electrons. The van der Waals surface area contributed by atoms with Crippen molar-refractivity contribution in [1.29, 1.82) is 5.26 Å². The van der Waals surface area contributed by atoms with E-state index in [0.29, 0.717) is 23.0 Å². The number of thiazole rings is 1. The molecular formula is C28H28N8OS. The first kappa shape index (κ1) is 24.3. The van der Waals surface area contributed by atoms with Crippen LogP contribution in [-0.2, 0) is 6.54 Å². The number of fused-ring (bicyclic) bond motifs is 1. The molecule has 2 aliphatic rings. The van der Waals surface area contributed by atoms with E-state index in [-0.39, 0.29) is 17.7 Å². The van der Waals surface area contributed by atoms with Crippen molar-refractivity contribution < 1.29 is 0 Å². The zero-order valence-electron chi connectivity index (χ0n) is 21.1. The van der Waals surface area contributed by atoms with E-state index >= 15 is 0 Å². The van der Waals surface area contributed by atoms with Gasteiger partial charge in [-0.2, -0.15) is 10.2 Å². The molecule has 6 rings (SSSR count). The molecule has 0 saturated carbocycles. The van der Waals surface area contributed by atoms with Crippen LogP contribution in [0.3, 0.4) is 0 Å². The van der Waals surface area contributed by atoms with Crippen molar-refractivity contribution in [3.63, 3.8) is 0 Å². The summed E-state index contributed by atoms with van der Waals surface area (Å²) >= 11 is 1.59. The molecular weight excluding hydrogens is 496 g/mol. The third kappa shape index (κ3) is 4.90. The number of nitrogens with one attached hydrogen (secondary N) is 2. The Balaban J connectivity index is 1.29. The third-order valence-corrected chi connectivity index (χ3v) is 8.08. The van der Waals surface area contributed by atoms with Crippen LogP contribution in [0.5, 0.6) is 0 Å². The zero-order valence-corrected chi connectivity index (χ0v) is 22.0. The van der Waals surface area contributed by atoms with E-state index in [1.807, 2.05) is 35.8 Å². The SMILES string of the molecule is CN1CCC(Nc2ccc(Nc3ncc4cc(C#N)c(=O)n(Cc5ncsc5C5=CCCC5)c4n3)cc2)C1. The number of hydrogen-bond acceptors (Lipinski definition) is 9. The number of nitriles is 1. The lowest BCUT2D eigenvalue weighted by Gasteiger charge is -2.15. The molecule has 0 amide bonds. The number of anilines is 3. The minimum absolute atomic E-state index is 0.0650. The maximum atomic E-state index is 13.3. The number of nitrogens with zero attached hydrogens (tertiary/aromatic N) is 6. The van der Waals surface area contributed by atoms with Gasteiger partial charge in [0.1, 0.15) is 17.3 Å². The Morgan fingerprint density at radius 3 is 2.79 bits per heavy atom. The predicted molar refractivity (Wildman–Crippen MR) is 151 cm³/mol. The van der Waals surface area contributed by atoms with Gasteiger partial charge in [0.15, 0.2) is 0 Å². The van der Waals surface area contributed by atoms with Crippen LogP contribution in [0, 0.1) is 11.3 Å². The van der Waals surface area contributed by atoms with Crippen LogP contribution in [0.25, 0.3) is 16.6 Å². The van der Waals surface area contributed by atoms with E-state index in [2.05, 4.69) is 38.6 Å². The number of pyridine rings is 1. The monoisotopic (exact) mass is 524 g/mol. The molecule has 192 valence electrons. The molecule has 1 aliphatic heterocycles. The van der Waals surface area contributed by atoms with Crippen LogP contribution in [0.4, 0.5) is 17.3 Å². The summed E-state index contributed by atoms with van der Waals surface area (Å²) in [5.74, 6) is 0.380. The van der Waals surface area contributed by atoms with Crippen molar-refractivity contribution in [3.8, 4) is 6.07 Å². The van der Waals surface area contributed by atoms with Crippen molar-refractivity contribution in [2.24, 2.45) is 0 Å². The van der Waals surface area contributed by atoms with Crippen LogP contribution in [0.15, 0.2) is 52.9 Å². The lowest BCUT2D eigenvalue weighted by Crippen LogP contribution is -2.25. The molecule has 1 atom stereocenters. The van der Waals surface area contributed by atoms with Gasteiger partial charge in [0, 0.05) is 35.5 Å². The van der Waals surface area contributed by atoms with Crippen LogP contribution in [0.1, 0.15) is 41.8 Å². The molecule has 2 N–H and O–H groups in total. The molecule has 38 heavy (non-hydrogen) atoms. The fourth-order valence-electron chi connectivity index (χ4n) is 5.18. The normalized spacial score (nSPS) is 17.5. The minimum atomic E-state index is -0.378. The van der Waals surface area contributed by atoms with Crippen molar-refractivity contribution in [2.45, 2.75) is 38.3 Å². The Labute approximate surface area is 224 Å². The number of likely N-dealkylation sites (tertiary alicyclic amines) is 1. The smallest absolute Gasteiger partial charge is 0.270 e. The summed E-state index contributed by atoms with van der Waals surface area (Å²) in [5.41, 5.74) is 6.00. The Morgan fingerprint density at radius 1 is 1.21 bits per heavy atom. The van der Waals surface area contributed by atoms with E-state index in [1.54, 1.807) is 28.2 Å². The molecule has 0 bridgehead atoms. The number of benzene rings is 1. The van der Waals surface area contributed by atoms with Gasteiger partial charge in [-0.3, -0.25) is 9.36 Å². The van der Waals surface area contributed by atoms with Crippen LogP contribution < -0.4 is 16.2 Å². The molecule has 1 unspecified atom stereocenters. The summed E-state index contributed by atoms with van der Waals surface area (Å²) in [6.45, 7) is 2.40. The molecule has 1 aliphatic carbocycles. The van der Waals surface area contributed by atoms with Crippen molar-refractivity contribution >= 4 is 45.3 Å². The van der Waals surface area contributed by atoms with Gasteiger partial charge in [-0.1, -0.05) is 6.08 Å². The van der Waals surface area contributed by atoms with Gasteiger partial charge < -0.3 is 15.5 Å². The Morgan fingerprint density at radius 2 is 2.05 bits per heavy atom. The average Bonchev–Trinajstić information content (AvgIpc) is 3.69. The lowest BCUT2D eigenvalue weighted by atomic mass is 10.1. The third-order valence-electron chi connectivity index (χ3n) is 7.13. The minimum Gasteiger partial charge on any atom is -0.381 e. The van der Waals surface area contributed by atoms with Crippen molar-refractivity contribution in [2.75, 3.05) is 30.8 Å². The van der Waals surface area contributed by atoms with E-state index < -0.39 is 0 Å². The summed E-state index contributed by atoms with van der Waals surface area (Å²) in [4.78, 5) is 30.4. The standard InChI is InChI=1S/C28H28N8OS/c1-35-11-10-23(15-35)32-21-6-8-22(9-7-21)33-28-30-14-20-12-19(13-29)27(37)36(26(20)34-28)16-24-25(38-17-31-24)18-4-2-3-5-18/h4,6-9,12,14,17,23,32H,2-3,5,10-11,15-16H2,1H3,(H,30,33,34). The highest BCUT2D eigenvalue weighted by atomic mass is 32.1. The van der Waals surface area contributed by atoms with Crippen molar-refractivity contribution in [1.82, 2.24) is 24.4 Å². The summed E-state index contributed by atoms with van der Waals surface area (Å²) in [6, 6.07) is 12.1. The van der Waals surface area contributed by atoms with E-state index in [0.717, 1.165) is 60.7 Å². The zero-order chi connectivity index (χ0) is 26.1. The molecule has 4 heterocycles. The predicted octanol–water partition coefficient (Wildman–Crippen LogP) is 4.59. The first-order valence-corrected chi connectivity index (χ1v) is 13.7. The van der Waals surface area contributed by atoms with Gasteiger partial charge in [0.2, 0.25) is 5.95 Å². The second-order valence-corrected chi connectivity index (χ2v) is 10.7. The molecule has 1 fully saturated rings. The van der Waals surface area contributed by atoms with Gasteiger partial charge in [-0.05, 0) is 75.2 Å². The van der Waals surface area contributed by atoms with Gasteiger partial charge >= 0.3 is 0 Å². The first-order valence-electron chi connectivity index (χ1n) is 12.8. The molecule has 10 heteroatoms. The van der Waals surface area contributed by atoms with E-state index in [4.69, 9.17) is 4.98 Å². The number of allylic oxidation sites excluding steroid dienone is 2.